The number of amides is 3. The van der Waals surface area contributed by atoms with E-state index in [0.29, 0.717) is 19.5 Å². The molecule has 0 bridgehead atoms. The van der Waals surface area contributed by atoms with Gasteiger partial charge in [-0.25, -0.2) is 4.79 Å². The predicted octanol–water partition coefficient (Wildman–Crippen LogP) is 2.44. The van der Waals surface area contributed by atoms with Crippen LogP contribution in [0.25, 0.3) is 0 Å². The van der Waals surface area contributed by atoms with Gasteiger partial charge in [0.2, 0.25) is 11.8 Å². The van der Waals surface area contributed by atoms with Gasteiger partial charge >= 0.3 is 6.09 Å². The number of nitrogens with zero attached hydrogens (tertiary/aromatic N) is 1. The lowest BCUT2D eigenvalue weighted by atomic mass is 9.88. The van der Waals surface area contributed by atoms with E-state index in [2.05, 4.69) is 15.4 Å². The molecular formula is C20H35N3O4. The van der Waals surface area contributed by atoms with E-state index in [4.69, 9.17) is 0 Å². The Kier molecular flexibility index (Phi) is 8.38. The number of alkyl carbamates (subject to hydrolysis) is 1. The lowest BCUT2D eigenvalue weighted by Crippen LogP contribution is -2.53. The highest BCUT2D eigenvalue weighted by atomic mass is 16.5. The summed E-state index contributed by atoms with van der Waals surface area (Å²) in [4.78, 5) is 38.6. The highest BCUT2D eigenvalue weighted by Gasteiger charge is 2.31. The standard InChI is InChI=1S/C20H35N3O4/c1-14(2)13-17(22-20(26)27-3)19(25)23-11-9-16(10-12-23)21-18(24)15-7-5-4-6-8-15/h14-17H,4-13H2,1-3H3,(H,21,24)(H,22,26). The second-order valence-corrected chi connectivity index (χ2v) is 8.26. The van der Waals surface area contributed by atoms with Crippen LogP contribution in [0.2, 0.25) is 0 Å². The van der Waals surface area contributed by atoms with Crippen molar-refractivity contribution in [2.75, 3.05) is 20.2 Å². The highest BCUT2D eigenvalue weighted by Crippen LogP contribution is 2.24. The number of ether oxygens (including phenoxy) is 1. The van der Waals surface area contributed by atoms with Crippen molar-refractivity contribution in [3.05, 3.63) is 0 Å². The molecular weight excluding hydrogens is 346 g/mol. The number of methoxy groups -OCH3 is 1. The van der Waals surface area contributed by atoms with Gasteiger partial charge in [0.05, 0.1) is 7.11 Å². The van der Waals surface area contributed by atoms with Crippen LogP contribution < -0.4 is 10.6 Å². The van der Waals surface area contributed by atoms with Crippen LogP contribution in [0.5, 0.6) is 0 Å². The zero-order valence-electron chi connectivity index (χ0n) is 17.0. The number of nitrogens with one attached hydrogen (secondary N) is 2. The lowest BCUT2D eigenvalue weighted by Gasteiger charge is -2.35. The first kappa shape index (κ1) is 21.5. The number of rotatable bonds is 6. The molecule has 0 radical (unpaired) electrons. The largest absolute Gasteiger partial charge is 0.453 e. The third-order valence-corrected chi connectivity index (χ3v) is 5.61. The van der Waals surface area contributed by atoms with Crippen molar-refractivity contribution in [3.8, 4) is 0 Å². The van der Waals surface area contributed by atoms with Gasteiger partial charge in [-0.05, 0) is 38.0 Å². The first-order chi connectivity index (χ1) is 12.9. The summed E-state index contributed by atoms with van der Waals surface area (Å²) in [5, 5.41) is 5.84. The third-order valence-electron chi connectivity index (χ3n) is 5.61. The molecule has 2 rings (SSSR count). The van der Waals surface area contributed by atoms with Crippen LogP contribution in [-0.2, 0) is 14.3 Å². The van der Waals surface area contributed by atoms with Gasteiger partial charge in [0.25, 0.3) is 0 Å². The van der Waals surface area contributed by atoms with Crippen molar-refractivity contribution in [2.24, 2.45) is 11.8 Å². The zero-order chi connectivity index (χ0) is 19.8. The van der Waals surface area contributed by atoms with Gasteiger partial charge in [0.15, 0.2) is 0 Å². The van der Waals surface area contributed by atoms with Crippen LogP contribution in [-0.4, -0.2) is 55.1 Å². The van der Waals surface area contributed by atoms with E-state index in [0.717, 1.165) is 38.5 Å². The molecule has 27 heavy (non-hydrogen) atoms. The molecule has 7 nitrogen and oxygen atoms in total. The van der Waals surface area contributed by atoms with Gasteiger partial charge in [-0.2, -0.15) is 0 Å². The molecule has 2 aliphatic rings. The van der Waals surface area contributed by atoms with Gasteiger partial charge in [0, 0.05) is 25.0 Å². The minimum absolute atomic E-state index is 0.0637. The maximum atomic E-state index is 12.8. The first-order valence-electron chi connectivity index (χ1n) is 10.3. The lowest BCUT2D eigenvalue weighted by molar-refractivity contribution is -0.135. The molecule has 1 aliphatic heterocycles. The Morgan fingerprint density at radius 1 is 1.04 bits per heavy atom. The Labute approximate surface area is 162 Å². The van der Waals surface area contributed by atoms with Crippen LogP contribution in [0.3, 0.4) is 0 Å². The fraction of sp³-hybridized carbons (Fsp3) is 0.850. The molecule has 7 heteroatoms. The van der Waals surface area contributed by atoms with Crippen molar-refractivity contribution in [1.29, 1.82) is 0 Å². The van der Waals surface area contributed by atoms with Crippen LogP contribution in [0.4, 0.5) is 4.79 Å². The number of likely N-dealkylation sites (tertiary alicyclic amines) is 1. The van der Waals surface area contributed by atoms with Crippen molar-refractivity contribution >= 4 is 17.9 Å². The maximum Gasteiger partial charge on any atom is 0.407 e. The van der Waals surface area contributed by atoms with E-state index in [1.165, 1.54) is 13.5 Å². The summed E-state index contributed by atoms with van der Waals surface area (Å²) < 4.78 is 4.65. The quantitative estimate of drug-likeness (QED) is 0.740. The Morgan fingerprint density at radius 2 is 1.67 bits per heavy atom. The molecule has 154 valence electrons. The van der Waals surface area contributed by atoms with E-state index in [-0.39, 0.29) is 29.7 Å². The molecule has 1 heterocycles. The van der Waals surface area contributed by atoms with E-state index in [1.807, 2.05) is 13.8 Å². The number of carbonyl (C=O) groups is 3. The molecule has 2 N–H and O–H groups in total. The third kappa shape index (κ3) is 6.70. The van der Waals surface area contributed by atoms with Crippen molar-refractivity contribution in [3.63, 3.8) is 0 Å². The fourth-order valence-electron chi connectivity index (χ4n) is 4.04. The second kappa shape index (κ2) is 10.5. The zero-order valence-corrected chi connectivity index (χ0v) is 17.0. The van der Waals surface area contributed by atoms with Crippen molar-refractivity contribution in [1.82, 2.24) is 15.5 Å². The van der Waals surface area contributed by atoms with E-state index >= 15 is 0 Å². The molecule has 1 aliphatic carbocycles. The minimum atomic E-state index is -0.580. The summed E-state index contributed by atoms with van der Waals surface area (Å²) >= 11 is 0. The summed E-state index contributed by atoms with van der Waals surface area (Å²) in [6.45, 7) is 5.25. The molecule has 1 saturated carbocycles. The second-order valence-electron chi connectivity index (χ2n) is 8.26. The average molecular weight is 382 g/mol. The molecule has 0 spiro atoms. The van der Waals surface area contributed by atoms with Gasteiger partial charge in [-0.1, -0.05) is 33.1 Å². The summed E-state index contributed by atoms with van der Waals surface area (Å²) in [6.07, 6.45) is 7.05. The van der Waals surface area contributed by atoms with Crippen LogP contribution in [0.15, 0.2) is 0 Å². The minimum Gasteiger partial charge on any atom is -0.453 e. The maximum absolute atomic E-state index is 12.8. The molecule has 0 aromatic rings. The molecule has 2 fully saturated rings. The topological polar surface area (TPSA) is 87.7 Å². The predicted molar refractivity (Wildman–Crippen MR) is 103 cm³/mol. The smallest absolute Gasteiger partial charge is 0.407 e. The normalized spacial score (nSPS) is 20.2. The van der Waals surface area contributed by atoms with Crippen molar-refractivity contribution in [2.45, 2.75) is 77.3 Å². The van der Waals surface area contributed by atoms with Crippen molar-refractivity contribution < 1.29 is 19.1 Å². The average Bonchev–Trinajstić information content (AvgIpc) is 2.67. The summed E-state index contributed by atoms with van der Waals surface area (Å²) in [6, 6.07) is -0.425. The van der Waals surface area contributed by atoms with E-state index in [1.54, 1.807) is 4.90 Å². The molecule has 1 saturated heterocycles. The monoisotopic (exact) mass is 381 g/mol. The van der Waals surface area contributed by atoms with Gasteiger partial charge in [0.1, 0.15) is 6.04 Å². The number of carbonyl (C=O) groups excluding carboxylic acids is 3. The van der Waals surface area contributed by atoms with Crippen LogP contribution in [0, 0.1) is 11.8 Å². The van der Waals surface area contributed by atoms with Gasteiger partial charge < -0.3 is 20.3 Å². The van der Waals surface area contributed by atoms with E-state index in [9.17, 15) is 14.4 Å². The number of piperidine rings is 1. The SMILES string of the molecule is COC(=O)NC(CC(C)C)C(=O)N1CCC(NC(=O)C2CCCCC2)CC1. The summed E-state index contributed by atoms with van der Waals surface area (Å²) in [5.74, 6) is 0.567. The molecule has 0 aromatic carbocycles. The van der Waals surface area contributed by atoms with Gasteiger partial charge in [-0.3, -0.25) is 9.59 Å². The molecule has 1 atom stereocenters. The van der Waals surface area contributed by atoms with Crippen LogP contribution >= 0.6 is 0 Å². The van der Waals surface area contributed by atoms with Gasteiger partial charge in [-0.15, -0.1) is 0 Å². The Morgan fingerprint density at radius 3 is 2.22 bits per heavy atom. The summed E-state index contributed by atoms with van der Waals surface area (Å²) in [5.41, 5.74) is 0. The summed E-state index contributed by atoms with van der Waals surface area (Å²) in [7, 11) is 1.30. The number of hydrogen-bond acceptors (Lipinski definition) is 4. The Bertz CT molecular complexity index is 509. The Hall–Kier alpha value is -1.79. The first-order valence-corrected chi connectivity index (χ1v) is 10.3. The molecule has 3 amide bonds. The molecule has 0 aromatic heterocycles. The molecule has 1 unspecified atom stereocenters. The van der Waals surface area contributed by atoms with Crippen LogP contribution in [0.1, 0.15) is 65.2 Å². The number of hydrogen-bond donors (Lipinski definition) is 2. The Balaban J connectivity index is 1.82. The fourth-order valence-corrected chi connectivity index (χ4v) is 4.04. The van der Waals surface area contributed by atoms with E-state index < -0.39 is 12.1 Å². The highest BCUT2D eigenvalue weighted by molar-refractivity contribution is 5.85.